The van der Waals surface area contributed by atoms with Gasteiger partial charge in [-0.3, -0.25) is 0 Å². The van der Waals surface area contributed by atoms with E-state index in [1.807, 2.05) is 12.1 Å². The van der Waals surface area contributed by atoms with Crippen molar-refractivity contribution in [3.8, 4) is 5.75 Å². The van der Waals surface area contributed by atoms with Gasteiger partial charge < -0.3 is 5.11 Å². The van der Waals surface area contributed by atoms with Crippen LogP contribution in [0.15, 0.2) is 120 Å². The Hall–Kier alpha value is -2.97. The van der Waals surface area contributed by atoms with Crippen molar-refractivity contribution >= 4 is 10.0 Å². The van der Waals surface area contributed by atoms with E-state index in [0.717, 1.165) is 17.3 Å². The van der Waals surface area contributed by atoms with E-state index in [1.165, 1.54) is 21.6 Å². The third-order valence-electron chi connectivity index (χ3n) is 5.19. The molecule has 0 saturated carbocycles. The van der Waals surface area contributed by atoms with Crippen molar-refractivity contribution in [3.63, 3.8) is 0 Å². The van der Waals surface area contributed by atoms with Crippen molar-refractivity contribution in [1.82, 2.24) is 0 Å². The normalized spacial score (nSPS) is 11.9. The molecule has 0 heterocycles. The molecule has 4 aromatic rings. The van der Waals surface area contributed by atoms with Gasteiger partial charge in [-0.25, -0.2) is 10.0 Å². The molecule has 1 nitrogen and oxygen atoms in total. The lowest BCUT2D eigenvalue weighted by atomic mass is 10.2. The van der Waals surface area contributed by atoms with E-state index in [0.29, 0.717) is 5.75 Å². The highest BCUT2D eigenvalue weighted by molar-refractivity contribution is 8.31. The van der Waals surface area contributed by atoms with Crippen LogP contribution >= 0.6 is 10.0 Å². The second-order valence-electron chi connectivity index (χ2n) is 7.43. The zero-order valence-electron chi connectivity index (χ0n) is 16.4. The van der Waals surface area contributed by atoms with Gasteiger partial charge in [0.1, 0.15) is 5.75 Å². The molecule has 0 saturated heterocycles. The number of phenols is 1. The topological polar surface area (TPSA) is 20.2 Å². The minimum Gasteiger partial charge on any atom is -0.508 e. The smallest absolute Gasteiger partial charge is 0.115 e. The Labute approximate surface area is 175 Å². The molecule has 4 rings (SSSR count). The Morgan fingerprint density at radius 2 is 0.793 bits per heavy atom. The summed E-state index contributed by atoms with van der Waals surface area (Å²) in [6.07, 6.45) is 0. The van der Waals surface area contributed by atoms with Crippen molar-refractivity contribution < 1.29 is 5.11 Å². The lowest BCUT2D eigenvalue weighted by Gasteiger charge is -2.41. The fourth-order valence-corrected chi connectivity index (χ4v) is 7.83. The van der Waals surface area contributed by atoms with Gasteiger partial charge in [-0.2, -0.15) is 0 Å². The summed E-state index contributed by atoms with van der Waals surface area (Å²) in [7, 11) is -1.26. The Kier molecular flexibility index (Phi) is 6.02. The molecule has 2 heteroatoms. The third-order valence-corrected chi connectivity index (χ3v) is 9.12. The molecule has 0 aliphatic carbocycles. The molecule has 0 fully saturated rings. The quantitative estimate of drug-likeness (QED) is 0.350. The molecule has 0 aliphatic rings. The van der Waals surface area contributed by atoms with E-state index in [2.05, 4.69) is 103 Å². The third kappa shape index (κ3) is 4.90. The average molecular weight is 399 g/mol. The van der Waals surface area contributed by atoms with E-state index >= 15 is 0 Å². The molecule has 146 valence electrons. The molecule has 0 amide bonds. The van der Waals surface area contributed by atoms with Crippen LogP contribution in [0.25, 0.3) is 0 Å². The van der Waals surface area contributed by atoms with Crippen LogP contribution < -0.4 is 0 Å². The first-order valence-electron chi connectivity index (χ1n) is 9.91. The monoisotopic (exact) mass is 398 g/mol. The summed E-state index contributed by atoms with van der Waals surface area (Å²) in [5.74, 6) is 3.37. The molecule has 0 unspecified atom stereocenters. The average Bonchev–Trinajstić information content (AvgIpc) is 2.76. The van der Waals surface area contributed by atoms with E-state index in [1.54, 1.807) is 0 Å². The van der Waals surface area contributed by atoms with E-state index < -0.39 is 10.0 Å². The summed E-state index contributed by atoms with van der Waals surface area (Å²) >= 11 is 0. The molecule has 0 atom stereocenters. The van der Waals surface area contributed by atoms with Gasteiger partial charge in [0.15, 0.2) is 0 Å². The van der Waals surface area contributed by atoms with Crippen LogP contribution in [-0.2, 0) is 17.3 Å². The van der Waals surface area contributed by atoms with E-state index in [9.17, 15) is 5.11 Å². The highest BCUT2D eigenvalue weighted by Crippen LogP contribution is 2.63. The molecule has 4 aromatic carbocycles. The predicted octanol–water partition coefficient (Wildman–Crippen LogP) is 7.16. The largest absolute Gasteiger partial charge is 0.508 e. The van der Waals surface area contributed by atoms with Gasteiger partial charge in [0, 0.05) is 17.3 Å². The zero-order valence-corrected chi connectivity index (χ0v) is 17.3. The molecule has 0 spiro atoms. The Morgan fingerprint density at radius 3 is 1.14 bits per heavy atom. The van der Waals surface area contributed by atoms with Crippen LogP contribution in [0.3, 0.4) is 0 Å². The molecular formula is C27H26OS. The molecule has 0 radical (unpaired) electrons. The van der Waals surface area contributed by atoms with Crippen LogP contribution in [0.2, 0.25) is 0 Å². The summed E-state index contributed by atoms with van der Waals surface area (Å²) < 4.78 is 0. The number of hydrogen-bond acceptors (Lipinski definition) is 1. The van der Waals surface area contributed by atoms with Crippen molar-refractivity contribution in [1.29, 1.82) is 0 Å². The van der Waals surface area contributed by atoms with Crippen molar-refractivity contribution in [3.05, 3.63) is 132 Å². The highest BCUT2D eigenvalue weighted by atomic mass is 32.3. The first kappa shape index (κ1) is 19.4. The fourth-order valence-electron chi connectivity index (χ4n) is 3.82. The first-order chi connectivity index (χ1) is 14.2. The summed E-state index contributed by atoms with van der Waals surface area (Å²) in [6.45, 7) is 0. The van der Waals surface area contributed by atoms with Gasteiger partial charge in [-0.15, -0.1) is 0 Å². The van der Waals surface area contributed by atoms with Crippen LogP contribution in [0.5, 0.6) is 5.75 Å². The number of aromatic hydroxyl groups is 1. The molecule has 29 heavy (non-hydrogen) atoms. The highest BCUT2D eigenvalue weighted by Gasteiger charge is 2.28. The first-order valence-corrected chi connectivity index (χ1v) is 12.0. The Morgan fingerprint density at radius 1 is 0.448 bits per heavy atom. The number of benzene rings is 4. The number of rotatable bonds is 7. The van der Waals surface area contributed by atoms with Gasteiger partial charge in [0.2, 0.25) is 0 Å². The summed E-state index contributed by atoms with van der Waals surface area (Å²) in [5.41, 5.74) is 4.09. The second kappa shape index (κ2) is 9.02. The van der Waals surface area contributed by atoms with E-state index in [4.69, 9.17) is 0 Å². The lowest BCUT2D eigenvalue weighted by molar-refractivity contribution is 0.475. The van der Waals surface area contributed by atoms with E-state index in [-0.39, 0.29) is 0 Å². The van der Waals surface area contributed by atoms with Crippen LogP contribution in [-0.4, -0.2) is 5.11 Å². The standard InChI is InChI=1S/C27H26OS/c28-26-16-18-27(19-17-26)29(20-23-10-4-1-5-11-23,21-24-12-6-2-7-13-24)22-25-14-8-3-9-15-25/h1-19,28H,20-22H2. The van der Waals surface area contributed by atoms with Crippen LogP contribution in [0, 0.1) is 0 Å². The molecule has 0 bridgehead atoms. The minimum absolute atomic E-state index is 0.321. The van der Waals surface area contributed by atoms with Crippen LogP contribution in [0.4, 0.5) is 0 Å². The zero-order chi connectivity index (χ0) is 19.9. The van der Waals surface area contributed by atoms with Crippen LogP contribution in [0.1, 0.15) is 16.7 Å². The molecule has 1 N–H and O–H groups in total. The minimum atomic E-state index is -1.26. The van der Waals surface area contributed by atoms with Gasteiger partial charge in [0.25, 0.3) is 0 Å². The summed E-state index contributed by atoms with van der Waals surface area (Å²) in [6, 6.07) is 40.3. The Balaban J connectivity index is 1.83. The maximum Gasteiger partial charge on any atom is 0.115 e. The fraction of sp³-hybridized carbons (Fsp3) is 0.111. The van der Waals surface area contributed by atoms with Gasteiger partial charge in [-0.1, -0.05) is 91.0 Å². The second-order valence-corrected chi connectivity index (χ2v) is 10.9. The van der Waals surface area contributed by atoms with Crippen molar-refractivity contribution in [2.45, 2.75) is 22.2 Å². The van der Waals surface area contributed by atoms with Gasteiger partial charge in [0.05, 0.1) is 0 Å². The molecule has 0 aromatic heterocycles. The predicted molar refractivity (Wildman–Crippen MR) is 124 cm³/mol. The lowest BCUT2D eigenvalue weighted by Crippen LogP contribution is -2.11. The summed E-state index contributed by atoms with van der Waals surface area (Å²) in [5, 5.41) is 9.90. The molecule has 0 aliphatic heterocycles. The maximum absolute atomic E-state index is 9.90. The SMILES string of the molecule is Oc1ccc(S(Cc2ccccc2)(Cc2ccccc2)Cc2ccccc2)cc1. The van der Waals surface area contributed by atoms with Crippen molar-refractivity contribution in [2.24, 2.45) is 0 Å². The number of hydrogen-bond donors (Lipinski definition) is 1. The maximum atomic E-state index is 9.90. The number of phenolic OH excluding ortho intramolecular Hbond substituents is 1. The van der Waals surface area contributed by atoms with Gasteiger partial charge >= 0.3 is 0 Å². The van der Waals surface area contributed by atoms with Crippen molar-refractivity contribution in [2.75, 3.05) is 0 Å². The Bertz CT molecular complexity index is 911. The summed E-state index contributed by atoms with van der Waals surface area (Å²) in [4.78, 5) is 1.34. The van der Waals surface area contributed by atoms with Gasteiger partial charge in [-0.05, 0) is 45.9 Å². The molecular weight excluding hydrogens is 372 g/mol.